The molecule has 1 aliphatic rings. The Hall–Kier alpha value is -1.75. The highest BCUT2D eigenvalue weighted by Gasteiger charge is 2.36. The zero-order chi connectivity index (χ0) is 15.6. The van der Waals surface area contributed by atoms with Gasteiger partial charge in [0, 0.05) is 30.1 Å². The molecule has 1 aromatic carbocycles. The van der Waals surface area contributed by atoms with Crippen molar-refractivity contribution in [3.8, 4) is 5.75 Å². The van der Waals surface area contributed by atoms with E-state index in [1.54, 1.807) is 44.1 Å². The number of hydrogen-bond acceptors (Lipinski definition) is 3. The van der Waals surface area contributed by atoms with Crippen molar-refractivity contribution in [2.24, 2.45) is 0 Å². The van der Waals surface area contributed by atoms with E-state index in [9.17, 15) is 9.59 Å². The van der Waals surface area contributed by atoms with Gasteiger partial charge in [-0.05, 0) is 32.0 Å². The van der Waals surface area contributed by atoms with Crippen LogP contribution in [-0.4, -0.2) is 35.9 Å². The molecule has 1 heterocycles. The molecule has 2 rings (SSSR count). The van der Waals surface area contributed by atoms with E-state index in [1.807, 2.05) is 0 Å². The maximum absolute atomic E-state index is 12.5. The number of methoxy groups -OCH3 is 1. The van der Waals surface area contributed by atoms with Crippen LogP contribution in [0.5, 0.6) is 5.75 Å². The van der Waals surface area contributed by atoms with Gasteiger partial charge in [-0.25, -0.2) is 0 Å². The topological polar surface area (TPSA) is 58.6 Å². The van der Waals surface area contributed by atoms with E-state index in [0.29, 0.717) is 23.9 Å². The average molecular weight is 311 g/mol. The molecule has 5 nitrogen and oxygen atoms in total. The lowest BCUT2D eigenvalue weighted by molar-refractivity contribution is -0.137. The minimum absolute atomic E-state index is 0.115. The SMILES string of the molecule is COc1ccc(Cl)cc1CN1CCC(=O)NC(C)(C)C1=O. The van der Waals surface area contributed by atoms with Crippen LogP contribution < -0.4 is 10.1 Å². The highest BCUT2D eigenvalue weighted by Crippen LogP contribution is 2.25. The van der Waals surface area contributed by atoms with Gasteiger partial charge in [-0.2, -0.15) is 0 Å². The molecule has 2 amide bonds. The van der Waals surface area contributed by atoms with Crippen LogP contribution in [0.1, 0.15) is 25.8 Å². The molecule has 1 saturated heterocycles. The van der Waals surface area contributed by atoms with Gasteiger partial charge in [0.2, 0.25) is 11.8 Å². The molecule has 6 heteroatoms. The molecule has 0 aliphatic carbocycles. The average Bonchev–Trinajstić information content (AvgIpc) is 2.50. The molecular formula is C15H19ClN2O3. The second-order valence-corrected chi connectivity index (χ2v) is 6.04. The van der Waals surface area contributed by atoms with Gasteiger partial charge in [0.25, 0.3) is 0 Å². The van der Waals surface area contributed by atoms with E-state index < -0.39 is 5.54 Å². The lowest BCUT2D eigenvalue weighted by Crippen LogP contribution is -2.52. The second kappa shape index (κ2) is 5.93. The first kappa shape index (κ1) is 15.6. The van der Waals surface area contributed by atoms with Crippen LogP contribution in [0.25, 0.3) is 0 Å². The molecule has 114 valence electrons. The molecule has 1 fully saturated rings. The fraction of sp³-hybridized carbons (Fsp3) is 0.467. The normalized spacial score (nSPS) is 18.2. The van der Waals surface area contributed by atoms with E-state index in [-0.39, 0.29) is 18.2 Å². The number of nitrogens with zero attached hydrogens (tertiary/aromatic N) is 1. The summed E-state index contributed by atoms with van der Waals surface area (Å²) in [6, 6.07) is 5.29. The number of carbonyl (C=O) groups is 2. The second-order valence-electron chi connectivity index (χ2n) is 5.61. The molecule has 21 heavy (non-hydrogen) atoms. The van der Waals surface area contributed by atoms with Crippen molar-refractivity contribution in [2.45, 2.75) is 32.4 Å². The van der Waals surface area contributed by atoms with E-state index in [1.165, 1.54) is 0 Å². The predicted molar refractivity (Wildman–Crippen MR) is 80.3 cm³/mol. The highest BCUT2D eigenvalue weighted by atomic mass is 35.5. The molecule has 0 spiro atoms. The van der Waals surface area contributed by atoms with Crippen LogP contribution >= 0.6 is 11.6 Å². The number of amides is 2. The van der Waals surface area contributed by atoms with Crippen molar-refractivity contribution in [1.82, 2.24) is 10.2 Å². The van der Waals surface area contributed by atoms with Gasteiger partial charge >= 0.3 is 0 Å². The number of hydrogen-bond donors (Lipinski definition) is 1. The first-order valence-corrected chi connectivity index (χ1v) is 7.14. The number of carbonyl (C=O) groups excluding carboxylic acids is 2. The van der Waals surface area contributed by atoms with E-state index in [2.05, 4.69) is 5.32 Å². The molecule has 0 aromatic heterocycles. The van der Waals surface area contributed by atoms with Crippen molar-refractivity contribution < 1.29 is 14.3 Å². The number of rotatable bonds is 3. The maximum atomic E-state index is 12.5. The van der Waals surface area contributed by atoms with Crippen LogP contribution in [0.4, 0.5) is 0 Å². The molecule has 0 unspecified atom stereocenters. The number of nitrogens with one attached hydrogen (secondary N) is 1. The van der Waals surface area contributed by atoms with Crippen LogP contribution in [0, 0.1) is 0 Å². The van der Waals surface area contributed by atoms with Gasteiger partial charge < -0.3 is 15.0 Å². The molecule has 0 radical (unpaired) electrons. The molecule has 0 atom stereocenters. The van der Waals surface area contributed by atoms with Crippen LogP contribution in [0.3, 0.4) is 0 Å². The van der Waals surface area contributed by atoms with Crippen LogP contribution in [0.15, 0.2) is 18.2 Å². The van der Waals surface area contributed by atoms with E-state index in [4.69, 9.17) is 16.3 Å². The Morgan fingerprint density at radius 2 is 2.10 bits per heavy atom. The summed E-state index contributed by atoms with van der Waals surface area (Å²) in [5.41, 5.74) is -0.0807. The lowest BCUT2D eigenvalue weighted by Gasteiger charge is -2.29. The molecular weight excluding hydrogens is 292 g/mol. The van der Waals surface area contributed by atoms with Crippen molar-refractivity contribution in [1.29, 1.82) is 0 Å². The van der Waals surface area contributed by atoms with Gasteiger partial charge in [-0.15, -0.1) is 0 Å². The summed E-state index contributed by atoms with van der Waals surface area (Å²) in [7, 11) is 1.58. The molecule has 1 aliphatic heterocycles. The monoisotopic (exact) mass is 310 g/mol. The lowest BCUT2D eigenvalue weighted by atomic mass is 10.0. The Kier molecular flexibility index (Phi) is 4.42. The summed E-state index contributed by atoms with van der Waals surface area (Å²) in [5.74, 6) is 0.442. The fourth-order valence-electron chi connectivity index (χ4n) is 2.43. The van der Waals surface area contributed by atoms with Crippen molar-refractivity contribution >= 4 is 23.4 Å². The Labute approximate surface area is 129 Å². The van der Waals surface area contributed by atoms with Gasteiger partial charge in [0.15, 0.2) is 0 Å². The van der Waals surface area contributed by atoms with Crippen LogP contribution in [-0.2, 0) is 16.1 Å². The third-order valence-corrected chi connectivity index (χ3v) is 3.72. The summed E-state index contributed by atoms with van der Waals surface area (Å²) in [4.78, 5) is 25.9. The predicted octanol–water partition coefficient (Wildman–Crippen LogP) is 1.98. The van der Waals surface area contributed by atoms with Gasteiger partial charge in [-0.3, -0.25) is 9.59 Å². The minimum atomic E-state index is -0.903. The highest BCUT2D eigenvalue weighted by molar-refractivity contribution is 6.30. The summed E-state index contributed by atoms with van der Waals surface area (Å²) in [6.07, 6.45) is 0.290. The smallest absolute Gasteiger partial charge is 0.248 e. The third kappa shape index (κ3) is 3.47. The maximum Gasteiger partial charge on any atom is 0.248 e. The molecule has 1 N–H and O–H groups in total. The summed E-state index contributed by atoms with van der Waals surface area (Å²) in [6.45, 7) is 4.16. The first-order valence-electron chi connectivity index (χ1n) is 6.76. The van der Waals surface area contributed by atoms with E-state index >= 15 is 0 Å². The fourth-order valence-corrected chi connectivity index (χ4v) is 2.62. The number of ether oxygens (including phenoxy) is 1. The Bertz CT molecular complexity index is 572. The number of halogens is 1. The zero-order valence-electron chi connectivity index (χ0n) is 12.4. The van der Waals surface area contributed by atoms with E-state index in [0.717, 1.165) is 5.56 Å². The Morgan fingerprint density at radius 3 is 2.76 bits per heavy atom. The molecule has 1 aromatic rings. The van der Waals surface area contributed by atoms with Crippen molar-refractivity contribution in [2.75, 3.05) is 13.7 Å². The van der Waals surface area contributed by atoms with Crippen LogP contribution in [0.2, 0.25) is 5.02 Å². The first-order chi connectivity index (χ1) is 9.83. The Morgan fingerprint density at radius 1 is 1.38 bits per heavy atom. The minimum Gasteiger partial charge on any atom is -0.496 e. The van der Waals surface area contributed by atoms with Crippen molar-refractivity contribution in [3.05, 3.63) is 28.8 Å². The Balaban J connectivity index is 2.27. The number of benzene rings is 1. The zero-order valence-corrected chi connectivity index (χ0v) is 13.2. The summed E-state index contributed by atoms with van der Waals surface area (Å²) >= 11 is 6.01. The molecule has 0 bridgehead atoms. The van der Waals surface area contributed by atoms with Gasteiger partial charge in [0.05, 0.1) is 7.11 Å². The van der Waals surface area contributed by atoms with Crippen molar-refractivity contribution in [3.63, 3.8) is 0 Å². The third-order valence-electron chi connectivity index (χ3n) is 3.49. The largest absolute Gasteiger partial charge is 0.496 e. The summed E-state index contributed by atoms with van der Waals surface area (Å²) in [5, 5.41) is 3.32. The quantitative estimate of drug-likeness (QED) is 0.928. The molecule has 0 saturated carbocycles. The standard InChI is InChI=1S/C15H19ClN2O3/c1-15(2)14(20)18(7-6-13(19)17-15)9-10-8-11(16)4-5-12(10)21-3/h4-5,8H,6-7,9H2,1-3H3,(H,17,19). The summed E-state index contributed by atoms with van der Waals surface area (Å²) < 4.78 is 5.30. The van der Waals surface area contributed by atoms with Gasteiger partial charge in [0.1, 0.15) is 11.3 Å². The van der Waals surface area contributed by atoms with Gasteiger partial charge in [-0.1, -0.05) is 11.6 Å².